The Morgan fingerprint density at radius 1 is 1.15 bits per heavy atom. The molecule has 1 aromatic carbocycles. The van der Waals surface area contributed by atoms with Crippen LogP contribution in [0.15, 0.2) is 24.3 Å². The summed E-state index contributed by atoms with van der Waals surface area (Å²) in [5.74, 6) is -1.10. The fourth-order valence-electron chi connectivity index (χ4n) is 3.45. The monoisotopic (exact) mass is 414 g/mol. The van der Waals surface area contributed by atoms with Gasteiger partial charge in [-0.25, -0.2) is 21.1 Å². The SMILES string of the molecule is CN(C(=O)c1ccc(N2C(=O)C(C)(C)CS2(=O)=O)cc1)[C@H]1CCS(=O)(=O)C1. The zero-order chi connectivity index (χ0) is 20.2. The van der Waals surface area contributed by atoms with Crippen molar-refractivity contribution in [2.75, 3.05) is 28.6 Å². The molecular weight excluding hydrogens is 392 g/mol. The van der Waals surface area contributed by atoms with Crippen molar-refractivity contribution < 1.29 is 26.4 Å². The van der Waals surface area contributed by atoms with Gasteiger partial charge in [0.15, 0.2) is 9.84 Å². The lowest BCUT2D eigenvalue weighted by atomic mass is 9.95. The largest absolute Gasteiger partial charge is 0.338 e. The smallest absolute Gasteiger partial charge is 0.253 e. The molecule has 0 aromatic heterocycles. The fourth-order valence-corrected chi connectivity index (χ4v) is 7.33. The molecule has 2 amide bonds. The first-order valence-corrected chi connectivity index (χ1v) is 11.9. The number of rotatable bonds is 3. The third-order valence-electron chi connectivity index (χ3n) is 5.01. The molecule has 0 N–H and O–H groups in total. The first-order valence-electron chi connectivity index (χ1n) is 8.49. The molecule has 2 heterocycles. The zero-order valence-corrected chi connectivity index (χ0v) is 17.0. The molecule has 0 unspecified atom stereocenters. The van der Waals surface area contributed by atoms with Crippen LogP contribution in [0.25, 0.3) is 0 Å². The van der Waals surface area contributed by atoms with Crippen LogP contribution in [-0.2, 0) is 24.7 Å². The number of anilines is 1. The number of carbonyl (C=O) groups excluding carboxylic acids is 2. The molecule has 27 heavy (non-hydrogen) atoms. The highest BCUT2D eigenvalue weighted by Gasteiger charge is 2.49. The first-order chi connectivity index (χ1) is 12.3. The van der Waals surface area contributed by atoms with E-state index in [4.69, 9.17) is 0 Å². The standard InChI is InChI=1S/C17H22N2O6S2/c1-17(2)11-27(24,25)19(16(17)21)13-6-4-12(5-7-13)15(20)18(3)14-8-9-26(22,23)10-14/h4-7,14H,8-11H2,1-3H3/t14-/m0/s1. The minimum Gasteiger partial charge on any atom is -0.338 e. The van der Waals surface area contributed by atoms with Gasteiger partial charge in [-0.2, -0.15) is 0 Å². The van der Waals surface area contributed by atoms with Crippen LogP contribution in [0.5, 0.6) is 0 Å². The van der Waals surface area contributed by atoms with Crippen LogP contribution in [0.1, 0.15) is 30.6 Å². The third-order valence-corrected chi connectivity index (χ3v) is 8.78. The molecular formula is C17H22N2O6S2. The van der Waals surface area contributed by atoms with Crippen molar-refractivity contribution >= 4 is 37.4 Å². The number of hydrogen-bond donors (Lipinski definition) is 0. The minimum absolute atomic E-state index is 0.0526. The lowest BCUT2D eigenvalue weighted by Gasteiger charge is -2.24. The second-order valence-corrected chi connectivity index (χ2v) is 11.8. The first kappa shape index (κ1) is 19.8. The Bertz CT molecular complexity index is 996. The fraction of sp³-hybridized carbons (Fsp3) is 0.529. The molecule has 0 aliphatic carbocycles. The second-order valence-electron chi connectivity index (χ2n) is 7.73. The van der Waals surface area contributed by atoms with E-state index in [1.807, 2.05) is 0 Å². The Morgan fingerprint density at radius 2 is 1.74 bits per heavy atom. The van der Waals surface area contributed by atoms with Crippen LogP contribution in [0.4, 0.5) is 5.69 Å². The van der Waals surface area contributed by atoms with Crippen LogP contribution in [0.2, 0.25) is 0 Å². The molecule has 0 radical (unpaired) electrons. The Kier molecular flexibility index (Phi) is 4.62. The summed E-state index contributed by atoms with van der Waals surface area (Å²) in [6.07, 6.45) is 0.401. The summed E-state index contributed by atoms with van der Waals surface area (Å²) in [6.45, 7) is 3.16. The van der Waals surface area contributed by atoms with Gasteiger partial charge in [-0.3, -0.25) is 9.59 Å². The summed E-state index contributed by atoms with van der Waals surface area (Å²) in [5.41, 5.74) is -0.510. The van der Waals surface area contributed by atoms with E-state index in [0.717, 1.165) is 4.31 Å². The van der Waals surface area contributed by atoms with Gasteiger partial charge in [0.1, 0.15) is 0 Å². The molecule has 148 valence electrons. The number of sulfone groups is 1. The minimum atomic E-state index is -3.75. The Labute approximate surface area is 159 Å². The van der Waals surface area contributed by atoms with Gasteiger partial charge in [0.25, 0.3) is 5.91 Å². The molecule has 2 saturated heterocycles. The number of nitrogens with zero attached hydrogens (tertiary/aromatic N) is 2. The number of carbonyl (C=O) groups is 2. The average molecular weight is 415 g/mol. The average Bonchev–Trinajstić information content (AvgIpc) is 3.00. The summed E-state index contributed by atoms with van der Waals surface area (Å²) < 4.78 is 48.6. The van der Waals surface area contributed by atoms with E-state index in [1.54, 1.807) is 20.9 Å². The Morgan fingerprint density at radius 3 is 2.19 bits per heavy atom. The van der Waals surface area contributed by atoms with Crippen molar-refractivity contribution in [2.24, 2.45) is 5.41 Å². The Hall–Kier alpha value is -1.94. The van der Waals surface area contributed by atoms with Crippen LogP contribution in [0, 0.1) is 5.41 Å². The maximum Gasteiger partial charge on any atom is 0.253 e. The maximum atomic E-state index is 12.6. The van der Waals surface area contributed by atoms with E-state index in [1.165, 1.54) is 29.2 Å². The molecule has 2 aliphatic rings. The van der Waals surface area contributed by atoms with Gasteiger partial charge >= 0.3 is 0 Å². The second kappa shape index (κ2) is 6.30. The van der Waals surface area contributed by atoms with E-state index in [-0.39, 0.29) is 34.9 Å². The molecule has 0 saturated carbocycles. The van der Waals surface area contributed by atoms with Gasteiger partial charge in [0.05, 0.1) is 28.4 Å². The van der Waals surface area contributed by atoms with Crippen molar-refractivity contribution in [3.8, 4) is 0 Å². The molecule has 2 aliphatic heterocycles. The highest BCUT2D eigenvalue weighted by Crippen LogP contribution is 2.35. The summed E-state index contributed by atoms with van der Waals surface area (Å²) in [6, 6.07) is 5.37. The molecule has 1 aromatic rings. The van der Waals surface area contributed by atoms with Crippen molar-refractivity contribution in [3.63, 3.8) is 0 Å². The van der Waals surface area contributed by atoms with Crippen molar-refractivity contribution in [1.82, 2.24) is 4.90 Å². The molecule has 0 bridgehead atoms. The number of amides is 2. The highest BCUT2D eigenvalue weighted by atomic mass is 32.2. The number of sulfonamides is 1. The van der Waals surface area contributed by atoms with E-state index >= 15 is 0 Å². The molecule has 2 fully saturated rings. The molecule has 1 atom stereocenters. The van der Waals surface area contributed by atoms with Crippen molar-refractivity contribution in [3.05, 3.63) is 29.8 Å². The van der Waals surface area contributed by atoms with Gasteiger partial charge in [-0.1, -0.05) is 0 Å². The van der Waals surface area contributed by atoms with Gasteiger partial charge in [0.2, 0.25) is 15.9 Å². The van der Waals surface area contributed by atoms with Gasteiger partial charge in [-0.15, -0.1) is 0 Å². The normalized spacial score (nSPS) is 25.5. The molecule has 3 rings (SSSR count). The predicted molar refractivity (Wildman–Crippen MR) is 101 cm³/mol. The van der Waals surface area contributed by atoms with Gasteiger partial charge in [-0.05, 0) is 44.5 Å². The van der Waals surface area contributed by atoms with E-state index in [2.05, 4.69) is 0 Å². The van der Waals surface area contributed by atoms with E-state index in [0.29, 0.717) is 12.0 Å². The van der Waals surface area contributed by atoms with E-state index in [9.17, 15) is 26.4 Å². The summed E-state index contributed by atoms with van der Waals surface area (Å²) in [5, 5.41) is 0. The molecule has 10 heteroatoms. The molecule has 0 spiro atoms. The summed E-state index contributed by atoms with van der Waals surface area (Å²) in [7, 11) is -5.31. The Balaban J connectivity index is 1.82. The third kappa shape index (κ3) is 3.60. The van der Waals surface area contributed by atoms with Crippen LogP contribution in [0.3, 0.4) is 0 Å². The maximum absolute atomic E-state index is 12.6. The number of hydrogen-bond acceptors (Lipinski definition) is 6. The van der Waals surface area contributed by atoms with Crippen molar-refractivity contribution in [1.29, 1.82) is 0 Å². The van der Waals surface area contributed by atoms with Crippen LogP contribution < -0.4 is 4.31 Å². The zero-order valence-electron chi connectivity index (χ0n) is 15.4. The summed E-state index contributed by atoms with van der Waals surface area (Å²) >= 11 is 0. The topological polar surface area (TPSA) is 109 Å². The number of benzene rings is 1. The van der Waals surface area contributed by atoms with Crippen molar-refractivity contribution in [2.45, 2.75) is 26.3 Å². The quantitative estimate of drug-likeness (QED) is 0.718. The summed E-state index contributed by atoms with van der Waals surface area (Å²) in [4.78, 5) is 26.4. The van der Waals surface area contributed by atoms with Gasteiger partial charge in [0, 0.05) is 18.7 Å². The van der Waals surface area contributed by atoms with E-state index < -0.39 is 31.2 Å². The molecule has 8 nitrogen and oxygen atoms in total. The van der Waals surface area contributed by atoms with Crippen LogP contribution >= 0.6 is 0 Å². The lowest BCUT2D eigenvalue weighted by molar-refractivity contribution is -0.123. The van der Waals surface area contributed by atoms with Crippen LogP contribution in [-0.4, -0.2) is 63.9 Å². The lowest BCUT2D eigenvalue weighted by Crippen LogP contribution is -2.37. The predicted octanol–water partition coefficient (Wildman–Crippen LogP) is 0.648. The van der Waals surface area contributed by atoms with Gasteiger partial charge < -0.3 is 4.90 Å². The highest BCUT2D eigenvalue weighted by molar-refractivity contribution is 7.94.